The first kappa shape index (κ1) is 10.8. The van der Waals surface area contributed by atoms with E-state index >= 15 is 0 Å². The van der Waals surface area contributed by atoms with Crippen LogP contribution in [0.25, 0.3) is 0 Å². The van der Waals surface area contributed by atoms with E-state index in [0.717, 1.165) is 22.4 Å². The average molecular weight is 247 g/mol. The Hall–Kier alpha value is -0.280. The van der Waals surface area contributed by atoms with Crippen molar-refractivity contribution in [2.75, 3.05) is 6.61 Å². The quantitative estimate of drug-likeness (QED) is 0.890. The van der Waals surface area contributed by atoms with Crippen LogP contribution in [0.5, 0.6) is 0 Å². The van der Waals surface area contributed by atoms with Gasteiger partial charge in [-0.05, 0) is 39.9 Å². The van der Waals surface area contributed by atoms with Crippen molar-refractivity contribution in [1.29, 1.82) is 0 Å². The largest absolute Gasteiger partial charge is 0.454 e. The summed E-state index contributed by atoms with van der Waals surface area (Å²) in [7, 11) is 0. The Morgan fingerprint density at radius 2 is 2.15 bits per heavy atom. The summed E-state index contributed by atoms with van der Waals surface area (Å²) in [5.74, 6) is 0.950. The van der Waals surface area contributed by atoms with Crippen molar-refractivity contribution in [3.63, 3.8) is 0 Å². The molecule has 0 saturated carbocycles. The number of halogens is 1. The predicted octanol–water partition coefficient (Wildman–Crippen LogP) is 2.91. The Bertz CT molecular complexity index is 289. The SMILES string of the molecule is Cc1cc(Br)oc1CC(C)(C)CO. The van der Waals surface area contributed by atoms with E-state index in [1.807, 2.05) is 26.8 Å². The minimum Gasteiger partial charge on any atom is -0.454 e. The third-order valence-corrected chi connectivity index (χ3v) is 2.45. The number of hydrogen-bond donors (Lipinski definition) is 1. The number of aryl methyl sites for hydroxylation is 1. The van der Waals surface area contributed by atoms with Gasteiger partial charge in [0.15, 0.2) is 4.67 Å². The molecule has 2 nitrogen and oxygen atoms in total. The summed E-state index contributed by atoms with van der Waals surface area (Å²) >= 11 is 3.28. The van der Waals surface area contributed by atoms with Gasteiger partial charge in [-0.25, -0.2) is 0 Å². The lowest BCUT2D eigenvalue weighted by Crippen LogP contribution is -2.19. The van der Waals surface area contributed by atoms with E-state index in [4.69, 9.17) is 9.52 Å². The summed E-state index contributed by atoms with van der Waals surface area (Å²) in [5, 5.41) is 9.10. The maximum Gasteiger partial charge on any atom is 0.169 e. The molecule has 1 heterocycles. The van der Waals surface area contributed by atoms with Crippen LogP contribution in [0.4, 0.5) is 0 Å². The molecule has 1 N–H and O–H groups in total. The summed E-state index contributed by atoms with van der Waals surface area (Å²) in [6.45, 7) is 6.22. The molecular weight excluding hydrogens is 232 g/mol. The van der Waals surface area contributed by atoms with E-state index in [1.54, 1.807) is 0 Å². The number of aliphatic hydroxyl groups excluding tert-OH is 1. The van der Waals surface area contributed by atoms with Crippen molar-refractivity contribution in [3.05, 3.63) is 22.1 Å². The molecule has 1 rings (SSSR count). The van der Waals surface area contributed by atoms with E-state index in [1.165, 1.54) is 0 Å². The third kappa shape index (κ3) is 2.85. The van der Waals surface area contributed by atoms with Gasteiger partial charge in [-0.3, -0.25) is 0 Å². The van der Waals surface area contributed by atoms with Gasteiger partial charge in [0, 0.05) is 13.0 Å². The topological polar surface area (TPSA) is 33.4 Å². The predicted molar refractivity (Wildman–Crippen MR) is 55.7 cm³/mol. The van der Waals surface area contributed by atoms with Crippen LogP contribution < -0.4 is 0 Å². The summed E-state index contributed by atoms with van der Waals surface area (Å²) in [6.07, 6.45) is 0.765. The van der Waals surface area contributed by atoms with Gasteiger partial charge < -0.3 is 9.52 Å². The molecule has 0 atom stereocenters. The summed E-state index contributed by atoms with van der Waals surface area (Å²) in [5.41, 5.74) is 1.02. The molecule has 13 heavy (non-hydrogen) atoms. The van der Waals surface area contributed by atoms with Crippen molar-refractivity contribution >= 4 is 15.9 Å². The van der Waals surface area contributed by atoms with Crippen molar-refractivity contribution in [3.8, 4) is 0 Å². The van der Waals surface area contributed by atoms with Crippen molar-refractivity contribution < 1.29 is 9.52 Å². The highest BCUT2D eigenvalue weighted by Crippen LogP contribution is 2.27. The average Bonchev–Trinajstić information content (AvgIpc) is 2.30. The Morgan fingerprint density at radius 1 is 1.54 bits per heavy atom. The van der Waals surface area contributed by atoms with Crippen LogP contribution in [0.1, 0.15) is 25.2 Å². The van der Waals surface area contributed by atoms with Crippen molar-refractivity contribution in [2.24, 2.45) is 5.41 Å². The fourth-order valence-corrected chi connectivity index (χ4v) is 1.68. The molecule has 0 spiro atoms. The molecule has 1 aromatic heterocycles. The number of rotatable bonds is 3. The first-order valence-corrected chi connectivity index (χ1v) is 5.09. The van der Waals surface area contributed by atoms with Crippen LogP contribution in [0.15, 0.2) is 15.2 Å². The second-order valence-electron chi connectivity index (χ2n) is 4.16. The molecule has 0 unspecified atom stereocenters. The molecule has 0 fully saturated rings. The maximum absolute atomic E-state index is 9.10. The molecule has 1 aromatic rings. The molecule has 74 valence electrons. The fourth-order valence-electron chi connectivity index (χ4n) is 1.14. The molecule has 0 saturated heterocycles. The second-order valence-corrected chi connectivity index (χ2v) is 4.94. The molecule has 3 heteroatoms. The zero-order valence-electron chi connectivity index (χ0n) is 8.22. The smallest absolute Gasteiger partial charge is 0.169 e. The monoisotopic (exact) mass is 246 g/mol. The minimum absolute atomic E-state index is 0.109. The Labute approximate surface area is 87.1 Å². The Balaban J connectivity index is 2.79. The van der Waals surface area contributed by atoms with E-state index in [-0.39, 0.29) is 12.0 Å². The lowest BCUT2D eigenvalue weighted by molar-refractivity contribution is 0.152. The lowest BCUT2D eigenvalue weighted by Gasteiger charge is -2.20. The minimum atomic E-state index is -0.109. The zero-order chi connectivity index (χ0) is 10.1. The van der Waals surface area contributed by atoms with Crippen LogP contribution in [0, 0.1) is 12.3 Å². The van der Waals surface area contributed by atoms with Gasteiger partial charge >= 0.3 is 0 Å². The summed E-state index contributed by atoms with van der Waals surface area (Å²) in [4.78, 5) is 0. The lowest BCUT2D eigenvalue weighted by atomic mass is 9.88. The van der Waals surface area contributed by atoms with Gasteiger partial charge in [-0.2, -0.15) is 0 Å². The van der Waals surface area contributed by atoms with Crippen LogP contribution in [0.3, 0.4) is 0 Å². The molecule has 0 aliphatic rings. The first-order valence-electron chi connectivity index (χ1n) is 4.30. The van der Waals surface area contributed by atoms with E-state index in [2.05, 4.69) is 15.9 Å². The van der Waals surface area contributed by atoms with Gasteiger partial charge in [0.2, 0.25) is 0 Å². The highest BCUT2D eigenvalue weighted by atomic mass is 79.9. The zero-order valence-corrected chi connectivity index (χ0v) is 9.81. The number of aliphatic hydroxyl groups is 1. The van der Waals surface area contributed by atoms with E-state index in [9.17, 15) is 0 Å². The van der Waals surface area contributed by atoms with Crippen LogP contribution >= 0.6 is 15.9 Å². The van der Waals surface area contributed by atoms with Gasteiger partial charge in [-0.1, -0.05) is 13.8 Å². The number of hydrogen-bond acceptors (Lipinski definition) is 2. The van der Waals surface area contributed by atoms with Crippen LogP contribution in [0.2, 0.25) is 0 Å². The molecule has 0 amide bonds. The molecule has 0 aromatic carbocycles. The van der Waals surface area contributed by atoms with Crippen LogP contribution in [-0.4, -0.2) is 11.7 Å². The van der Waals surface area contributed by atoms with Gasteiger partial charge in [0.1, 0.15) is 5.76 Å². The molecule has 0 aliphatic heterocycles. The highest BCUT2D eigenvalue weighted by Gasteiger charge is 2.20. The molecule has 0 aliphatic carbocycles. The third-order valence-electron chi connectivity index (χ3n) is 2.06. The van der Waals surface area contributed by atoms with Gasteiger partial charge in [0.25, 0.3) is 0 Å². The molecule has 0 radical (unpaired) electrons. The van der Waals surface area contributed by atoms with E-state index in [0.29, 0.717) is 0 Å². The van der Waals surface area contributed by atoms with Crippen LogP contribution in [-0.2, 0) is 6.42 Å². The molecule has 0 bridgehead atoms. The normalized spacial score (nSPS) is 12.1. The van der Waals surface area contributed by atoms with Crippen molar-refractivity contribution in [1.82, 2.24) is 0 Å². The van der Waals surface area contributed by atoms with Crippen molar-refractivity contribution in [2.45, 2.75) is 27.2 Å². The standard InChI is InChI=1S/C10H15BrO2/c1-7-4-9(11)13-8(7)5-10(2,3)6-12/h4,12H,5-6H2,1-3H3. The second kappa shape index (κ2) is 3.84. The molecular formula is C10H15BrO2. The summed E-state index contributed by atoms with van der Waals surface area (Å²) in [6, 6.07) is 1.95. The van der Waals surface area contributed by atoms with Gasteiger partial charge in [-0.15, -0.1) is 0 Å². The Morgan fingerprint density at radius 3 is 2.54 bits per heavy atom. The van der Waals surface area contributed by atoms with E-state index < -0.39 is 0 Å². The summed E-state index contributed by atoms with van der Waals surface area (Å²) < 4.78 is 6.22. The highest BCUT2D eigenvalue weighted by molar-refractivity contribution is 9.10. The Kier molecular flexibility index (Phi) is 3.19. The fraction of sp³-hybridized carbons (Fsp3) is 0.600. The number of furan rings is 1. The first-order chi connectivity index (χ1) is 5.94. The van der Waals surface area contributed by atoms with Gasteiger partial charge in [0.05, 0.1) is 0 Å². The maximum atomic E-state index is 9.10.